The lowest BCUT2D eigenvalue weighted by atomic mass is 9.91. The molecule has 0 amide bonds. The summed E-state index contributed by atoms with van der Waals surface area (Å²) in [7, 11) is 2.06. The van der Waals surface area contributed by atoms with Gasteiger partial charge in [-0.3, -0.25) is 0 Å². The van der Waals surface area contributed by atoms with E-state index >= 15 is 0 Å². The molecular weight excluding hydrogens is 244 g/mol. The first-order valence-electron chi connectivity index (χ1n) is 7.42. The fourth-order valence-corrected chi connectivity index (χ4v) is 3.15. The summed E-state index contributed by atoms with van der Waals surface area (Å²) in [6.07, 6.45) is 1.26. The maximum absolute atomic E-state index is 3.48. The number of hydrogen-bond donors (Lipinski definition) is 2. The first-order chi connectivity index (χ1) is 9.88. The van der Waals surface area contributed by atoms with Crippen LogP contribution in [-0.4, -0.2) is 20.1 Å². The van der Waals surface area contributed by atoms with Gasteiger partial charge in [0.25, 0.3) is 0 Å². The highest BCUT2D eigenvalue weighted by atomic mass is 15.0. The molecule has 2 heteroatoms. The molecule has 1 aliphatic heterocycles. The van der Waals surface area contributed by atoms with Gasteiger partial charge < -0.3 is 10.6 Å². The molecule has 2 atom stereocenters. The summed E-state index contributed by atoms with van der Waals surface area (Å²) in [5.74, 6) is 0.697. The van der Waals surface area contributed by atoms with Crippen molar-refractivity contribution in [2.45, 2.75) is 12.5 Å². The summed E-state index contributed by atoms with van der Waals surface area (Å²) in [4.78, 5) is 0. The van der Waals surface area contributed by atoms with Gasteiger partial charge in [0.15, 0.2) is 0 Å². The van der Waals surface area contributed by atoms with Gasteiger partial charge in [0, 0.05) is 6.04 Å². The van der Waals surface area contributed by atoms with Crippen molar-refractivity contribution >= 4 is 0 Å². The number of rotatable bonds is 4. The summed E-state index contributed by atoms with van der Waals surface area (Å²) in [6, 6.07) is 20.0. The van der Waals surface area contributed by atoms with E-state index in [-0.39, 0.29) is 0 Å². The van der Waals surface area contributed by atoms with E-state index in [1.807, 2.05) is 0 Å². The van der Waals surface area contributed by atoms with Crippen molar-refractivity contribution in [1.82, 2.24) is 10.6 Å². The second-order valence-corrected chi connectivity index (χ2v) is 5.51. The molecule has 1 fully saturated rings. The maximum atomic E-state index is 3.48. The second kappa shape index (κ2) is 6.21. The van der Waals surface area contributed by atoms with Crippen LogP contribution in [-0.2, 0) is 0 Å². The quantitative estimate of drug-likeness (QED) is 0.888. The smallest absolute Gasteiger partial charge is 0.0358 e. The van der Waals surface area contributed by atoms with Gasteiger partial charge in [0.1, 0.15) is 0 Å². The molecule has 104 valence electrons. The maximum Gasteiger partial charge on any atom is 0.0358 e. The fourth-order valence-electron chi connectivity index (χ4n) is 3.15. The molecule has 0 bridgehead atoms. The van der Waals surface area contributed by atoms with Gasteiger partial charge >= 0.3 is 0 Å². The van der Waals surface area contributed by atoms with E-state index in [1.54, 1.807) is 0 Å². The Labute approximate surface area is 121 Å². The monoisotopic (exact) mass is 266 g/mol. The highest BCUT2D eigenvalue weighted by Crippen LogP contribution is 2.28. The largest absolute Gasteiger partial charge is 0.316 e. The summed E-state index contributed by atoms with van der Waals surface area (Å²) in [5, 5.41) is 6.93. The number of benzene rings is 2. The molecule has 1 aliphatic rings. The summed E-state index contributed by atoms with van der Waals surface area (Å²) < 4.78 is 0. The zero-order valence-electron chi connectivity index (χ0n) is 12.0. The molecule has 1 saturated heterocycles. The molecule has 0 aliphatic carbocycles. The summed E-state index contributed by atoms with van der Waals surface area (Å²) >= 11 is 0. The molecule has 0 saturated carbocycles. The minimum Gasteiger partial charge on any atom is -0.316 e. The fraction of sp³-hybridized carbons (Fsp3) is 0.333. The third-order valence-electron chi connectivity index (χ3n) is 4.26. The molecule has 0 spiro atoms. The standard InChI is InChI=1S/C18H22N2/c1-19-18(17-11-12-20-13-17)16-9-7-15(8-10-16)14-5-3-2-4-6-14/h2-10,17-20H,11-13H2,1H3. The summed E-state index contributed by atoms with van der Waals surface area (Å²) in [6.45, 7) is 2.26. The van der Waals surface area contributed by atoms with Crippen LogP contribution in [0.5, 0.6) is 0 Å². The Hall–Kier alpha value is -1.64. The van der Waals surface area contributed by atoms with Crippen LogP contribution in [0.15, 0.2) is 54.6 Å². The molecule has 2 N–H and O–H groups in total. The van der Waals surface area contributed by atoms with Gasteiger partial charge in [-0.25, -0.2) is 0 Å². The van der Waals surface area contributed by atoms with Crippen LogP contribution < -0.4 is 10.6 Å². The van der Waals surface area contributed by atoms with Crippen molar-refractivity contribution in [1.29, 1.82) is 0 Å². The molecule has 20 heavy (non-hydrogen) atoms. The average Bonchev–Trinajstić information content (AvgIpc) is 3.04. The van der Waals surface area contributed by atoms with Crippen LogP contribution in [0.4, 0.5) is 0 Å². The van der Waals surface area contributed by atoms with Crippen LogP contribution in [0, 0.1) is 5.92 Å². The first kappa shape index (κ1) is 13.3. The molecule has 0 radical (unpaired) electrons. The zero-order valence-corrected chi connectivity index (χ0v) is 12.0. The average molecular weight is 266 g/mol. The Morgan fingerprint density at radius 2 is 1.70 bits per heavy atom. The van der Waals surface area contributed by atoms with Crippen molar-refractivity contribution in [3.63, 3.8) is 0 Å². The Morgan fingerprint density at radius 3 is 2.30 bits per heavy atom. The molecule has 2 aromatic rings. The van der Waals surface area contributed by atoms with Crippen LogP contribution in [0.2, 0.25) is 0 Å². The van der Waals surface area contributed by atoms with Crippen molar-refractivity contribution in [3.05, 3.63) is 60.2 Å². The molecule has 1 heterocycles. The minimum absolute atomic E-state index is 0.454. The third kappa shape index (κ3) is 2.77. The lowest BCUT2D eigenvalue weighted by molar-refractivity contribution is 0.410. The molecular formula is C18H22N2. The van der Waals surface area contributed by atoms with E-state index < -0.39 is 0 Å². The van der Waals surface area contributed by atoms with E-state index in [4.69, 9.17) is 0 Å². The van der Waals surface area contributed by atoms with Gasteiger partial charge in [-0.15, -0.1) is 0 Å². The van der Waals surface area contributed by atoms with Crippen molar-refractivity contribution in [2.24, 2.45) is 5.92 Å². The predicted molar refractivity (Wildman–Crippen MR) is 84.7 cm³/mol. The van der Waals surface area contributed by atoms with Crippen LogP contribution in [0.1, 0.15) is 18.0 Å². The highest BCUT2D eigenvalue weighted by molar-refractivity contribution is 5.63. The van der Waals surface area contributed by atoms with Crippen LogP contribution >= 0.6 is 0 Å². The van der Waals surface area contributed by atoms with E-state index in [2.05, 4.69) is 72.3 Å². The van der Waals surface area contributed by atoms with Crippen LogP contribution in [0.25, 0.3) is 11.1 Å². The highest BCUT2D eigenvalue weighted by Gasteiger charge is 2.24. The van der Waals surface area contributed by atoms with Gasteiger partial charge in [-0.05, 0) is 49.2 Å². The van der Waals surface area contributed by atoms with Gasteiger partial charge in [-0.1, -0.05) is 54.6 Å². The normalized spacial score (nSPS) is 19.9. The first-order valence-corrected chi connectivity index (χ1v) is 7.42. The Kier molecular flexibility index (Phi) is 4.14. The van der Waals surface area contributed by atoms with Crippen molar-refractivity contribution in [2.75, 3.05) is 20.1 Å². The van der Waals surface area contributed by atoms with Gasteiger partial charge in [0.05, 0.1) is 0 Å². The lowest BCUT2D eigenvalue weighted by Crippen LogP contribution is -2.26. The Bertz CT molecular complexity index is 527. The van der Waals surface area contributed by atoms with E-state index in [1.165, 1.54) is 23.1 Å². The van der Waals surface area contributed by atoms with Gasteiger partial charge in [-0.2, -0.15) is 0 Å². The van der Waals surface area contributed by atoms with Gasteiger partial charge in [0.2, 0.25) is 0 Å². The molecule has 2 unspecified atom stereocenters. The Morgan fingerprint density at radius 1 is 1.00 bits per heavy atom. The zero-order chi connectivity index (χ0) is 13.8. The minimum atomic E-state index is 0.454. The second-order valence-electron chi connectivity index (χ2n) is 5.51. The Balaban J connectivity index is 1.81. The molecule has 2 aromatic carbocycles. The third-order valence-corrected chi connectivity index (χ3v) is 4.26. The lowest BCUT2D eigenvalue weighted by Gasteiger charge is -2.23. The molecule has 3 rings (SSSR count). The predicted octanol–water partition coefficient (Wildman–Crippen LogP) is 3.22. The van der Waals surface area contributed by atoms with E-state index in [0.29, 0.717) is 12.0 Å². The van der Waals surface area contributed by atoms with E-state index in [9.17, 15) is 0 Å². The number of nitrogens with one attached hydrogen (secondary N) is 2. The van der Waals surface area contributed by atoms with Crippen LogP contribution in [0.3, 0.4) is 0 Å². The summed E-state index contributed by atoms with van der Waals surface area (Å²) in [5.41, 5.74) is 3.96. The molecule has 0 aromatic heterocycles. The van der Waals surface area contributed by atoms with Crippen molar-refractivity contribution < 1.29 is 0 Å². The van der Waals surface area contributed by atoms with Crippen molar-refractivity contribution in [3.8, 4) is 11.1 Å². The van der Waals surface area contributed by atoms with E-state index in [0.717, 1.165) is 13.1 Å². The SMILES string of the molecule is CNC(c1ccc(-c2ccccc2)cc1)C1CCNC1. The molecule has 2 nitrogen and oxygen atoms in total. The number of hydrogen-bond acceptors (Lipinski definition) is 2. The topological polar surface area (TPSA) is 24.1 Å².